The summed E-state index contributed by atoms with van der Waals surface area (Å²) in [6.07, 6.45) is 1.35. The number of rotatable bonds is 6. The molecule has 23 heavy (non-hydrogen) atoms. The molecule has 0 aliphatic carbocycles. The third-order valence-corrected chi connectivity index (χ3v) is 3.64. The van der Waals surface area contributed by atoms with Gasteiger partial charge in [0.25, 0.3) is 0 Å². The Morgan fingerprint density at radius 2 is 1.78 bits per heavy atom. The van der Waals surface area contributed by atoms with Crippen LogP contribution in [-0.4, -0.2) is 29.4 Å². The maximum absolute atomic E-state index is 5.42. The second kappa shape index (κ2) is 6.96. The molecule has 5 heteroatoms. The quantitative estimate of drug-likeness (QED) is 0.760. The van der Waals surface area contributed by atoms with Crippen molar-refractivity contribution in [1.82, 2.24) is 15.2 Å². The first kappa shape index (κ1) is 15.1. The van der Waals surface area contributed by atoms with Crippen molar-refractivity contribution in [3.63, 3.8) is 0 Å². The molecule has 0 fully saturated rings. The average Bonchev–Trinajstić information content (AvgIpc) is 3.03. The number of aromatic nitrogens is 3. The van der Waals surface area contributed by atoms with Gasteiger partial charge in [0, 0.05) is 24.5 Å². The number of aromatic amines is 1. The van der Waals surface area contributed by atoms with E-state index in [2.05, 4.69) is 27.3 Å². The highest BCUT2D eigenvalue weighted by Crippen LogP contribution is 2.26. The van der Waals surface area contributed by atoms with Crippen LogP contribution >= 0.6 is 0 Å². The van der Waals surface area contributed by atoms with E-state index in [4.69, 9.17) is 9.47 Å². The van der Waals surface area contributed by atoms with E-state index in [1.807, 2.05) is 36.4 Å². The van der Waals surface area contributed by atoms with Crippen molar-refractivity contribution in [3.05, 3.63) is 71.3 Å². The molecule has 0 atom stereocenters. The molecule has 0 spiro atoms. The molecular weight excluding hydrogens is 290 g/mol. The molecule has 0 radical (unpaired) electrons. The monoisotopic (exact) mass is 309 g/mol. The smallest absolute Gasteiger partial charge is 0.155 e. The minimum absolute atomic E-state index is 0.610. The summed E-state index contributed by atoms with van der Waals surface area (Å²) in [6, 6.07) is 16.0. The van der Waals surface area contributed by atoms with Gasteiger partial charge >= 0.3 is 0 Å². The van der Waals surface area contributed by atoms with Crippen molar-refractivity contribution in [1.29, 1.82) is 0 Å². The van der Waals surface area contributed by atoms with Gasteiger partial charge in [0.05, 0.1) is 14.2 Å². The minimum Gasteiger partial charge on any atom is -0.497 e. The van der Waals surface area contributed by atoms with Gasteiger partial charge in [0.15, 0.2) is 5.82 Å². The number of methoxy groups -OCH3 is 2. The Kier molecular flexibility index (Phi) is 4.57. The van der Waals surface area contributed by atoms with Crippen LogP contribution in [0.5, 0.6) is 11.5 Å². The van der Waals surface area contributed by atoms with Crippen LogP contribution in [-0.2, 0) is 12.8 Å². The molecule has 0 saturated carbocycles. The van der Waals surface area contributed by atoms with Crippen molar-refractivity contribution in [2.45, 2.75) is 12.8 Å². The molecule has 0 aliphatic heterocycles. The zero-order valence-electron chi connectivity index (χ0n) is 13.2. The number of nitrogens with zero attached hydrogens (tertiary/aromatic N) is 2. The van der Waals surface area contributed by atoms with Crippen LogP contribution in [0.4, 0.5) is 0 Å². The first-order valence-corrected chi connectivity index (χ1v) is 7.43. The maximum Gasteiger partial charge on any atom is 0.155 e. The number of ether oxygens (including phenoxy) is 2. The van der Waals surface area contributed by atoms with Crippen LogP contribution in [0.25, 0.3) is 0 Å². The van der Waals surface area contributed by atoms with Crippen molar-refractivity contribution < 1.29 is 9.47 Å². The Morgan fingerprint density at radius 1 is 0.957 bits per heavy atom. The lowest BCUT2D eigenvalue weighted by atomic mass is 10.1. The van der Waals surface area contributed by atoms with Gasteiger partial charge in [-0.3, -0.25) is 5.10 Å². The molecule has 5 nitrogen and oxygen atoms in total. The van der Waals surface area contributed by atoms with Crippen LogP contribution in [0.3, 0.4) is 0 Å². The molecule has 2 aromatic carbocycles. The van der Waals surface area contributed by atoms with Gasteiger partial charge in [-0.15, -0.1) is 0 Å². The van der Waals surface area contributed by atoms with E-state index >= 15 is 0 Å². The van der Waals surface area contributed by atoms with E-state index in [-0.39, 0.29) is 0 Å². The molecule has 0 aliphatic rings. The Labute approximate surface area is 135 Å². The van der Waals surface area contributed by atoms with Gasteiger partial charge in [-0.05, 0) is 11.6 Å². The van der Waals surface area contributed by atoms with E-state index < -0.39 is 0 Å². The fraction of sp³-hybridized carbons (Fsp3) is 0.222. The normalized spacial score (nSPS) is 10.5. The van der Waals surface area contributed by atoms with E-state index in [9.17, 15) is 0 Å². The third kappa shape index (κ3) is 3.69. The van der Waals surface area contributed by atoms with Crippen molar-refractivity contribution in [2.24, 2.45) is 0 Å². The summed E-state index contributed by atoms with van der Waals surface area (Å²) >= 11 is 0. The first-order valence-electron chi connectivity index (χ1n) is 7.43. The lowest BCUT2D eigenvalue weighted by molar-refractivity contribution is 0.391. The molecule has 1 N–H and O–H groups in total. The van der Waals surface area contributed by atoms with E-state index in [0.717, 1.165) is 35.1 Å². The molecule has 118 valence electrons. The van der Waals surface area contributed by atoms with Crippen LogP contribution in [0.1, 0.15) is 22.8 Å². The van der Waals surface area contributed by atoms with E-state index in [0.29, 0.717) is 6.42 Å². The Hall–Kier alpha value is -2.82. The van der Waals surface area contributed by atoms with Crippen LogP contribution in [0.2, 0.25) is 0 Å². The molecule has 0 saturated heterocycles. The Bertz CT molecular complexity index is 769. The first-order chi connectivity index (χ1) is 11.3. The SMILES string of the molecule is COc1ccc(Cc2n[nH]c(Cc3ccccc3)n2)c(OC)c1. The highest BCUT2D eigenvalue weighted by Gasteiger charge is 2.10. The topological polar surface area (TPSA) is 60.0 Å². The van der Waals surface area contributed by atoms with Crippen molar-refractivity contribution >= 4 is 0 Å². The number of nitrogens with one attached hydrogen (secondary N) is 1. The van der Waals surface area contributed by atoms with Gasteiger partial charge in [0.1, 0.15) is 17.3 Å². The highest BCUT2D eigenvalue weighted by atomic mass is 16.5. The summed E-state index contributed by atoms with van der Waals surface area (Å²) in [7, 11) is 3.29. The number of benzene rings is 2. The summed E-state index contributed by atoms with van der Waals surface area (Å²) in [5.74, 6) is 3.15. The summed E-state index contributed by atoms with van der Waals surface area (Å²) < 4.78 is 10.6. The summed E-state index contributed by atoms with van der Waals surface area (Å²) in [5, 5.41) is 7.31. The van der Waals surface area contributed by atoms with Crippen molar-refractivity contribution in [2.75, 3.05) is 14.2 Å². The molecule has 1 heterocycles. The number of hydrogen-bond acceptors (Lipinski definition) is 4. The van der Waals surface area contributed by atoms with Crippen LogP contribution in [0.15, 0.2) is 48.5 Å². The second-order valence-corrected chi connectivity index (χ2v) is 5.22. The zero-order valence-corrected chi connectivity index (χ0v) is 13.2. The Morgan fingerprint density at radius 3 is 2.52 bits per heavy atom. The molecular formula is C18H19N3O2. The van der Waals surface area contributed by atoms with Crippen molar-refractivity contribution in [3.8, 4) is 11.5 Å². The van der Waals surface area contributed by atoms with E-state index in [1.165, 1.54) is 5.56 Å². The highest BCUT2D eigenvalue weighted by molar-refractivity contribution is 5.42. The molecule has 3 aromatic rings. The minimum atomic E-state index is 0.610. The molecule has 3 rings (SSSR count). The van der Waals surface area contributed by atoms with Gasteiger partial charge in [0.2, 0.25) is 0 Å². The maximum atomic E-state index is 5.42. The lowest BCUT2D eigenvalue weighted by Crippen LogP contribution is -1.97. The predicted octanol–water partition coefficient (Wildman–Crippen LogP) is 3.00. The molecule has 0 unspecified atom stereocenters. The molecule has 0 bridgehead atoms. The van der Waals surface area contributed by atoms with Gasteiger partial charge < -0.3 is 9.47 Å². The number of hydrogen-bond donors (Lipinski definition) is 1. The van der Waals surface area contributed by atoms with Crippen LogP contribution in [0, 0.1) is 0 Å². The third-order valence-electron chi connectivity index (χ3n) is 3.64. The van der Waals surface area contributed by atoms with E-state index in [1.54, 1.807) is 14.2 Å². The molecule has 1 aromatic heterocycles. The van der Waals surface area contributed by atoms with Gasteiger partial charge in [-0.2, -0.15) is 5.10 Å². The fourth-order valence-corrected chi connectivity index (χ4v) is 2.45. The van der Waals surface area contributed by atoms with Gasteiger partial charge in [-0.1, -0.05) is 36.4 Å². The standard InChI is InChI=1S/C18H19N3O2/c1-22-15-9-8-14(16(12-15)23-2)11-18-19-17(20-21-18)10-13-6-4-3-5-7-13/h3-9,12H,10-11H2,1-2H3,(H,19,20,21). The molecule has 0 amide bonds. The number of H-pyrrole nitrogens is 1. The lowest BCUT2D eigenvalue weighted by Gasteiger charge is -2.08. The van der Waals surface area contributed by atoms with Crippen LogP contribution < -0.4 is 9.47 Å². The average molecular weight is 309 g/mol. The predicted molar refractivity (Wildman–Crippen MR) is 88.0 cm³/mol. The largest absolute Gasteiger partial charge is 0.497 e. The fourth-order valence-electron chi connectivity index (χ4n) is 2.45. The van der Waals surface area contributed by atoms with Gasteiger partial charge in [-0.25, -0.2) is 4.98 Å². The summed E-state index contributed by atoms with van der Waals surface area (Å²) in [4.78, 5) is 4.57. The Balaban J connectivity index is 1.74. The zero-order chi connectivity index (χ0) is 16.1. The summed E-state index contributed by atoms with van der Waals surface area (Å²) in [6.45, 7) is 0. The second-order valence-electron chi connectivity index (χ2n) is 5.22. The summed E-state index contributed by atoms with van der Waals surface area (Å²) in [5.41, 5.74) is 2.23.